The van der Waals surface area contributed by atoms with Crippen LogP contribution in [0.4, 0.5) is 0 Å². The molecule has 0 fully saturated rings. The van der Waals surface area contributed by atoms with Crippen LogP contribution in [-0.4, -0.2) is 29.1 Å². The number of carbonyl (C=O) groups is 2. The topological polar surface area (TPSA) is 75.6 Å². The maximum atomic E-state index is 12.1. The zero-order valence-electron chi connectivity index (χ0n) is 13.7. The van der Waals surface area contributed by atoms with Crippen LogP contribution in [0.25, 0.3) is 0 Å². The van der Waals surface area contributed by atoms with E-state index in [1.165, 1.54) is 6.92 Å². The minimum atomic E-state index is -1.26. The molecule has 0 spiro atoms. The number of ether oxygens (including phenoxy) is 1. The molecule has 1 amide bonds. The Bertz CT molecular complexity index is 510. The fourth-order valence-corrected chi connectivity index (χ4v) is 1.73. The summed E-state index contributed by atoms with van der Waals surface area (Å²) in [5, 5.41) is 11.7. The van der Waals surface area contributed by atoms with Crippen molar-refractivity contribution >= 4 is 11.9 Å². The number of benzene rings is 1. The highest BCUT2D eigenvalue weighted by atomic mass is 16.5. The largest absolute Gasteiger partial charge is 0.494 e. The summed E-state index contributed by atoms with van der Waals surface area (Å²) in [5.74, 6) is -0.168. The maximum absolute atomic E-state index is 12.1. The Labute approximate surface area is 131 Å². The van der Waals surface area contributed by atoms with E-state index < -0.39 is 17.4 Å². The summed E-state index contributed by atoms with van der Waals surface area (Å²) in [5.41, 5.74) is -0.846. The molecule has 1 atom stereocenters. The molecule has 5 nitrogen and oxygen atoms in total. The highest BCUT2D eigenvalue weighted by Crippen LogP contribution is 2.15. The van der Waals surface area contributed by atoms with Crippen LogP contribution < -0.4 is 10.1 Å². The average Bonchev–Trinajstić information content (AvgIpc) is 2.47. The third kappa shape index (κ3) is 5.06. The summed E-state index contributed by atoms with van der Waals surface area (Å²) in [7, 11) is 0. The second kappa shape index (κ2) is 7.82. The van der Waals surface area contributed by atoms with Crippen LogP contribution in [0.5, 0.6) is 5.75 Å². The SMILES string of the molecule is CCC(C)(NC(=O)c1ccc(OCCC(C)C)cc1)C(=O)O. The second-order valence-corrected chi connectivity index (χ2v) is 6.00. The number of carboxylic acids is 1. The first-order valence-corrected chi connectivity index (χ1v) is 7.57. The van der Waals surface area contributed by atoms with Gasteiger partial charge in [-0.2, -0.15) is 0 Å². The van der Waals surface area contributed by atoms with Gasteiger partial charge in [0.25, 0.3) is 5.91 Å². The smallest absolute Gasteiger partial charge is 0.329 e. The number of carbonyl (C=O) groups excluding carboxylic acids is 1. The first-order chi connectivity index (χ1) is 10.3. The van der Waals surface area contributed by atoms with Crippen LogP contribution in [0.15, 0.2) is 24.3 Å². The zero-order chi connectivity index (χ0) is 16.8. The Kier molecular flexibility index (Phi) is 6.40. The number of amides is 1. The molecule has 0 heterocycles. The van der Waals surface area contributed by atoms with Crippen LogP contribution in [0.2, 0.25) is 0 Å². The van der Waals surface area contributed by atoms with Gasteiger partial charge in [0.05, 0.1) is 6.61 Å². The number of nitrogens with one attached hydrogen (secondary N) is 1. The number of rotatable bonds is 8. The molecule has 1 aromatic rings. The summed E-state index contributed by atoms with van der Waals surface area (Å²) in [6.07, 6.45) is 1.28. The van der Waals surface area contributed by atoms with Gasteiger partial charge < -0.3 is 15.2 Å². The molecular weight excluding hydrogens is 282 g/mol. The predicted octanol–water partition coefficient (Wildman–Crippen LogP) is 3.09. The first-order valence-electron chi connectivity index (χ1n) is 7.57. The molecule has 0 aliphatic heterocycles. The molecule has 0 saturated carbocycles. The lowest BCUT2D eigenvalue weighted by molar-refractivity contribution is -0.143. The summed E-state index contributed by atoms with van der Waals surface area (Å²) in [6, 6.07) is 6.72. The third-order valence-electron chi connectivity index (χ3n) is 3.65. The Hall–Kier alpha value is -2.04. The van der Waals surface area contributed by atoms with Crippen LogP contribution in [0, 0.1) is 5.92 Å². The zero-order valence-corrected chi connectivity index (χ0v) is 13.7. The maximum Gasteiger partial charge on any atom is 0.329 e. The van der Waals surface area contributed by atoms with E-state index in [1.54, 1.807) is 31.2 Å². The third-order valence-corrected chi connectivity index (χ3v) is 3.65. The minimum Gasteiger partial charge on any atom is -0.494 e. The van der Waals surface area contributed by atoms with Gasteiger partial charge >= 0.3 is 5.97 Å². The quantitative estimate of drug-likeness (QED) is 0.774. The molecule has 0 radical (unpaired) electrons. The van der Waals surface area contributed by atoms with Crippen molar-refractivity contribution in [2.45, 2.75) is 46.1 Å². The normalized spacial score (nSPS) is 13.5. The summed E-state index contributed by atoms with van der Waals surface area (Å²) >= 11 is 0. The van der Waals surface area contributed by atoms with Crippen LogP contribution in [0.1, 0.15) is 50.9 Å². The van der Waals surface area contributed by atoms with E-state index in [9.17, 15) is 14.7 Å². The van der Waals surface area contributed by atoms with Crippen molar-refractivity contribution in [3.63, 3.8) is 0 Å². The van der Waals surface area contributed by atoms with Crippen molar-refractivity contribution in [3.05, 3.63) is 29.8 Å². The van der Waals surface area contributed by atoms with Gasteiger partial charge in [0.1, 0.15) is 11.3 Å². The molecule has 0 bridgehead atoms. The molecule has 0 aromatic heterocycles. The molecule has 0 aliphatic rings. The summed E-state index contributed by atoms with van der Waals surface area (Å²) in [4.78, 5) is 23.3. The van der Waals surface area contributed by atoms with E-state index in [-0.39, 0.29) is 0 Å². The van der Waals surface area contributed by atoms with Gasteiger partial charge in [0.15, 0.2) is 0 Å². The van der Waals surface area contributed by atoms with E-state index in [2.05, 4.69) is 19.2 Å². The molecule has 0 aliphatic carbocycles. The highest BCUT2D eigenvalue weighted by molar-refractivity contribution is 5.97. The van der Waals surface area contributed by atoms with E-state index in [1.807, 2.05) is 0 Å². The summed E-state index contributed by atoms with van der Waals surface area (Å²) in [6.45, 7) is 8.11. The number of hydrogen-bond acceptors (Lipinski definition) is 3. The van der Waals surface area contributed by atoms with Gasteiger partial charge in [-0.1, -0.05) is 20.8 Å². The molecule has 2 N–H and O–H groups in total. The van der Waals surface area contributed by atoms with Crippen LogP contribution in [-0.2, 0) is 4.79 Å². The Morgan fingerprint density at radius 3 is 2.32 bits per heavy atom. The molecule has 0 saturated heterocycles. The van der Waals surface area contributed by atoms with Gasteiger partial charge in [-0.05, 0) is 49.9 Å². The van der Waals surface area contributed by atoms with Crippen molar-refractivity contribution in [2.24, 2.45) is 5.92 Å². The van der Waals surface area contributed by atoms with Crippen molar-refractivity contribution in [1.29, 1.82) is 0 Å². The molecule has 22 heavy (non-hydrogen) atoms. The monoisotopic (exact) mass is 307 g/mol. The van der Waals surface area contributed by atoms with Crippen LogP contribution >= 0.6 is 0 Å². The molecule has 122 valence electrons. The van der Waals surface area contributed by atoms with Gasteiger partial charge in [-0.15, -0.1) is 0 Å². The molecular formula is C17H25NO4. The summed E-state index contributed by atoms with van der Waals surface area (Å²) < 4.78 is 5.59. The van der Waals surface area contributed by atoms with Crippen molar-refractivity contribution in [2.75, 3.05) is 6.61 Å². The Morgan fingerprint density at radius 2 is 1.86 bits per heavy atom. The van der Waals surface area contributed by atoms with Crippen molar-refractivity contribution in [3.8, 4) is 5.75 Å². The molecule has 1 rings (SSSR count). The van der Waals surface area contributed by atoms with E-state index in [0.29, 0.717) is 30.3 Å². The van der Waals surface area contributed by atoms with Crippen molar-refractivity contribution in [1.82, 2.24) is 5.32 Å². The average molecular weight is 307 g/mol. The Balaban J connectivity index is 2.66. The van der Waals surface area contributed by atoms with Crippen LogP contribution in [0.3, 0.4) is 0 Å². The fraction of sp³-hybridized carbons (Fsp3) is 0.529. The predicted molar refractivity (Wildman–Crippen MR) is 85.2 cm³/mol. The van der Waals surface area contributed by atoms with Gasteiger partial charge in [-0.25, -0.2) is 4.79 Å². The van der Waals surface area contributed by atoms with E-state index >= 15 is 0 Å². The number of hydrogen-bond donors (Lipinski definition) is 2. The lowest BCUT2D eigenvalue weighted by atomic mass is 9.98. The first kappa shape index (κ1) is 18.0. The fourth-order valence-electron chi connectivity index (χ4n) is 1.73. The van der Waals surface area contributed by atoms with Gasteiger partial charge in [0.2, 0.25) is 0 Å². The standard InChI is InChI=1S/C17H25NO4/c1-5-17(4,16(20)21)18-15(19)13-6-8-14(9-7-13)22-11-10-12(2)3/h6-9,12H,5,10-11H2,1-4H3,(H,18,19)(H,20,21). The van der Waals surface area contributed by atoms with E-state index in [4.69, 9.17) is 4.74 Å². The molecule has 1 aromatic carbocycles. The number of carboxylic acid groups (broad SMARTS) is 1. The van der Waals surface area contributed by atoms with Gasteiger partial charge in [-0.3, -0.25) is 4.79 Å². The molecule has 5 heteroatoms. The Morgan fingerprint density at radius 1 is 1.27 bits per heavy atom. The van der Waals surface area contributed by atoms with Gasteiger partial charge in [0, 0.05) is 5.56 Å². The highest BCUT2D eigenvalue weighted by Gasteiger charge is 2.32. The number of aliphatic carboxylic acids is 1. The second-order valence-electron chi connectivity index (χ2n) is 6.00. The van der Waals surface area contributed by atoms with Crippen molar-refractivity contribution < 1.29 is 19.4 Å². The minimum absolute atomic E-state index is 0.310. The lowest BCUT2D eigenvalue weighted by Crippen LogP contribution is -2.51. The lowest BCUT2D eigenvalue weighted by Gasteiger charge is -2.24. The van der Waals surface area contributed by atoms with E-state index in [0.717, 1.165) is 6.42 Å². The molecule has 1 unspecified atom stereocenters.